The minimum Gasteiger partial charge on any atom is -0.459 e. The Kier molecular flexibility index (Phi) is 5.95. The fourth-order valence-corrected chi connectivity index (χ4v) is 3.62. The number of nitrogens with zero attached hydrogens (tertiary/aromatic N) is 2. The van der Waals surface area contributed by atoms with E-state index in [-0.39, 0.29) is 17.6 Å². The lowest BCUT2D eigenvalue weighted by Crippen LogP contribution is -2.48. The first kappa shape index (κ1) is 19.9. The molecule has 154 valence electrons. The van der Waals surface area contributed by atoms with Crippen LogP contribution in [0.4, 0.5) is 5.69 Å². The van der Waals surface area contributed by atoms with Crippen molar-refractivity contribution in [3.05, 3.63) is 89.4 Å². The van der Waals surface area contributed by atoms with Gasteiger partial charge >= 0.3 is 0 Å². The monoisotopic (exact) mass is 403 g/mol. The Morgan fingerprint density at radius 2 is 1.67 bits per heavy atom. The molecule has 6 nitrogen and oxygen atoms in total. The van der Waals surface area contributed by atoms with Gasteiger partial charge in [-0.2, -0.15) is 0 Å². The maximum Gasteiger partial charge on any atom is 0.291 e. The molecule has 0 atom stereocenters. The smallest absolute Gasteiger partial charge is 0.291 e. The van der Waals surface area contributed by atoms with Crippen molar-refractivity contribution in [1.82, 2.24) is 9.80 Å². The van der Waals surface area contributed by atoms with E-state index in [0.717, 1.165) is 19.6 Å². The number of benzene rings is 2. The molecule has 0 unspecified atom stereocenters. The summed E-state index contributed by atoms with van der Waals surface area (Å²) in [5.41, 5.74) is 3.88. The summed E-state index contributed by atoms with van der Waals surface area (Å²) in [5, 5.41) is 2.76. The Morgan fingerprint density at radius 3 is 2.33 bits per heavy atom. The van der Waals surface area contributed by atoms with Crippen LogP contribution in [0.2, 0.25) is 0 Å². The van der Waals surface area contributed by atoms with Gasteiger partial charge in [0.15, 0.2) is 5.76 Å². The van der Waals surface area contributed by atoms with Crippen LogP contribution in [0, 0.1) is 6.92 Å². The van der Waals surface area contributed by atoms with Gasteiger partial charge in [0.1, 0.15) is 0 Å². The van der Waals surface area contributed by atoms with E-state index in [2.05, 4.69) is 41.4 Å². The number of carbonyl (C=O) groups excluding carboxylic acids is 2. The zero-order valence-corrected chi connectivity index (χ0v) is 17.0. The molecule has 2 heterocycles. The van der Waals surface area contributed by atoms with Gasteiger partial charge in [-0.05, 0) is 54.4 Å². The van der Waals surface area contributed by atoms with Crippen LogP contribution >= 0.6 is 0 Å². The third-order valence-electron chi connectivity index (χ3n) is 5.45. The zero-order valence-electron chi connectivity index (χ0n) is 17.0. The van der Waals surface area contributed by atoms with Crippen molar-refractivity contribution in [2.45, 2.75) is 13.5 Å². The molecule has 1 saturated heterocycles. The summed E-state index contributed by atoms with van der Waals surface area (Å²) in [4.78, 5) is 29.2. The Bertz CT molecular complexity index is 1000. The van der Waals surface area contributed by atoms with Crippen LogP contribution in [0.5, 0.6) is 0 Å². The number of carbonyl (C=O) groups is 2. The third kappa shape index (κ3) is 4.60. The first-order valence-corrected chi connectivity index (χ1v) is 10.1. The molecule has 1 N–H and O–H groups in total. The van der Waals surface area contributed by atoms with Gasteiger partial charge in [0.2, 0.25) is 0 Å². The van der Waals surface area contributed by atoms with E-state index in [1.807, 2.05) is 4.90 Å². The highest BCUT2D eigenvalue weighted by Gasteiger charge is 2.22. The second-order valence-corrected chi connectivity index (χ2v) is 7.50. The van der Waals surface area contributed by atoms with E-state index in [0.29, 0.717) is 24.3 Å². The lowest BCUT2D eigenvalue weighted by Gasteiger charge is -2.35. The van der Waals surface area contributed by atoms with Crippen molar-refractivity contribution in [2.24, 2.45) is 0 Å². The highest BCUT2D eigenvalue weighted by atomic mass is 16.3. The Morgan fingerprint density at radius 1 is 0.933 bits per heavy atom. The first-order valence-electron chi connectivity index (χ1n) is 10.1. The quantitative estimate of drug-likeness (QED) is 0.704. The second-order valence-electron chi connectivity index (χ2n) is 7.50. The van der Waals surface area contributed by atoms with Crippen LogP contribution in [0.25, 0.3) is 0 Å². The van der Waals surface area contributed by atoms with Crippen LogP contribution in [0.15, 0.2) is 71.3 Å². The molecule has 3 aromatic rings. The number of furan rings is 1. The van der Waals surface area contributed by atoms with Crippen molar-refractivity contribution in [2.75, 3.05) is 31.5 Å². The van der Waals surface area contributed by atoms with Crippen LogP contribution in [0.3, 0.4) is 0 Å². The van der Waals surface area contributed by atoms with Gasteiger partial charge in [-0.25, -0.2) is 0 Å². The molecule has 0 radical (unpaired) electrons. The van der Waals surface area contributed by atoms with Crippen molar-refractivity contribution in [1.29, 1.82) is 0 Å². The van der Waals surface area contributed by atoms with Gasteiger partial charge in [0.25, 0.3) is 11.8 Å². The molecule has 2 amide bonds. The van der Waals surface area contributed by atoms with Crippen molar-refractivity contribution in [3.8, 4) is 0 Å². The number of amides is 2. The Hall–Kier alpha value is -3.38. The fraction of sp³-hybridized carbons (Fsp3) is 0.250. The number of piperazine rings is 1. The molecular weight excluding hydrogens is 378 g/mol. The lowest BCUT2D eigenvalue weighted by atomic mass is 10.1. The van der Waals surface area contributed by atoms with E-state index >= 15 is 0 Å². The number of hydrogen-bond donors (Lipinski definition) is 1. The van der Waals surface area contributed by atoms with Crippen LogP contribution in [-0.4, -0.2) is 47.8 Å². The molecule has 1 aliphatic heterocycles. The molecule has 1 fully saturated rings. The third-order valence-corrected chi connectivity index (χ3v) is 5.45. The van der Waals surface area contributed by atoms with Crippen LogP contribution < -0.4 is 5.32 Å². The van der Waals surface area contributed by atoms with E-state index in [1.54, 1.807) is 36.4 Å². The van der Waals surface area contributed by atoms with E-state index in [9.17, 15) is 9.59 Å². The summed E-state index contributed by atoms with van der Waals surface area (Å²) >= 11 is 0. The van der Waals surface area contributed by atoms with Gasteiger partial charge in [-0.3, -0.25) is 14.5 Å². The van der Waals surface area contributed by atoms with Crippen molar-refractivity contribution in [3.63, 3.8) is 0 Å². The van der Waals surface area contributed by atoms with Gasteiger partial charge in [0, 0.05) is 44.0 Å². The first-order chi connectivity index (χ1) is 14.6. The van der Waals surface area contributed by atoms with Gasteiger partial charge < -0.3 is 14.6 Å². The van der Waals surface area contributed by atoms with E-state index < -0.39 is 0 Å². The molecule has 0 bridgehead atoms. The van der Waals surface area contributed by atoms with E-state index in [1.165, 1.54) is 17.4 Å². The normalized spacial score (nSPS) is 14.5. The zero-order chi connectivity index (χ0) is 20.9. The van der Waals surface area contributed by atoms with E-state index in [4.69, 9.17) is 4.42 Å². The average Bonchev–Trinajstić information content (AvgIpc) is 3.31. The summed E-state index contributed by atoms with van der Waals surface area (Å²) in [6, 6.07) is 18.7. The molecule has 6 heteroatoms. The van der Waals surface area contributed by atoms with Gasteiger partial charge in [-0.15, -0.1) is 0 Å². The van der Waals surface area contributed by atoms with Crippen molar-refractivity contribution >= 4 is 17.5 Å². The highest BCUT2D eigenvalue weighted by Crippen LogP contribution is 2.16. The summed E-state index contributed by atoms with van der Waals surface area (Å²) < 4.78 is 5.08. The fourth-order valence-electron chi connectivity index (χ4n) is 3.62. The second kappa shape index (κ2) is 8.97. The topological polar surface area (TPSA) is 65.8 Å². The summed E-state index contributed by atoms with van der Waals surface area (Å²) in [5.74, 6) is -0.0444. The standard InChI is InChI=1S/C24H25N3O3/c1-18-5-2-3-6-20(18)17-26-12-14-27(15-13-26)24(29)19-8-10-21(11-9-19)25-23(28)22-7-4-16-30-22/h2-11,16H,12-15,17H2,1H3,(H,25,28). The average molecular weight is 403 g/mol. The minimum atomic E-state index is -0.316. The predicted octanol–water partition coefficient (Wildman–Crippen LogP) is 3.80. The number of rotatable bonds is 5. The lowest BCUT2D eigenvalue weighted by molar-refractivity contribution is 0.0628. The molecular formula is C24H25N3O3. The minimum absolute atomic E-state index is 0.0226. The highest BCUT2D eigenvalue weighted by molar-refractivity contribution is 6.02. The molecule has 0 aliphatic carbocycles. The van der Waals surface area contributed by atoms with Crippen LogP contribution in [0.1, 0.15) is 32.0 Å². The number of hydrogen-bond acceptors (Lipinski definition) is 4. The van der Waals surface area contributed by atoms with Gasteiger partial charge in [-0.1, -0.05) is 24.3 Å². The van der Waals surface area contributed by atoms with Crippen molar-refractivity contribution < 1.29 is 14.0 Å². The summed E-state index contributed by atoms with van der Waals surface area (Å²) in [7, 11) is 0. The molecule has 4 rings (SSSR count). The van der Waals surface area contributed by atoms with Gasteiger partial charge in [0.05, 0.1) is 6.26 Å². The number of anilines is 1. The summed E-state index contributed by atoms with van der Waals surface area (Å²) in [6.45, 7) is 6.19. The summed E-state index contributed by atoms with van der Waals surface area (Å²) in [6.07, 6.45) is 1.46. The molecule has 1 aromatic heterocycles. The molecule has 1 aliphatic rings. The van der Waals surface area contributed by atoms with Crippen LogP contribution in [-0.2, 0) is 6.54 Å². The predicted molar refractivity (Wildman–Crippen MR) is 115 cm³/mol. The number of aryl methyl sites for hydroxylation is 1. The maximum absolute atomic E-state index is 12.8. The Labute approximate surface area is 176 Å². The maximum atomic E-state index is 12.8. The molecule has 2 aromatic carbocycles. The molecule has 0 saturated carbocycles. The number of nitrogens with one attached hydrogen (secondary N) is 1. The molecule has 30 heavy (non-hydrogen) atoms. The SMILES string of the molecule is Cc1ccccc1CN1CCN(C(=O)c2ccc(NC(=O)c3ccco3)cc2)CC1. The Balaban J connectivity index is 1.31. The largest absolute Gasteiger partial charge is 0.459 e. The molecule has 0 spiro atoms.